The highest BCUT2D eigenvalue weighted by molar-refractivity contribution is 5.80. The van der Waals surface area contributed by atoms with E-state index in [0.717, 1.165) is 24.0 Å². The van der Waals surface area contributed by atoms with Crippen molar-refractivity contribution in [2.75, 3.05) is 20.8 Å². The van der Waals surface area contributed by atoms with Crippen LogP contribution < -0.4 is 4.74 Å². The van der Waals surface area contributed by atoms with E-state index < -0.39 is 18.8 Å². The van der Waals surface area contributed by atoms with Gasteiger partial charge >= 0.3 is 6.36 Å². The molecule has 0 unspecified atom stereocenters. The zero-order valence-electron chi connectivity index (χ0n) is 23.8. The Kier molecular flexibility index (Phi) is 10.9. The van der Waals surface area contributed by atoms with Crippen LogP contribution in [0.25, 0.3) is 22.5 Å². The fraction of sp³-hybridized carbons (Fsp3) is 0.433. The van der Waals surface area contributed by atoms with Gasteiger partial charge in [-0.1, -0.05) is 54.9 Å². The molecule has 1 aliphatic rings. The van der Waals surface area contributed by atoms with Crippen LogP contribution in [0.5, 0.6) is 5.75 Å². The van der Waals surface area contributed by atoms with Crippen LogP contribution in [-0.4, -0.2) is 74.1 Å². The van der Waals surface area contributed by atoms with Crippen molar-refractivity contribution in [3.8, 4) is 28.3 Å². The molecule has 226 valence electrons. The number of unbranched alkanes of at least 4 members (excludes halogenated alkanes) is 1. The van der Waals surface area contributed by atoms with Crippen molar-refractivity contribution in [3.63, 3.8) is 0 Å². The Morgan fingerprint density at radius 3 is 2.12 bits per heavy atom. The average molecular weight is 590 g/mol. The third kappa shape index (κ3) is 8.25. The van der Waals surface area contributed by atoms with Gasteiger partial charge < -0.3 is 28.5 Å². The maximum absolute atomic E-state index is 12.4. The van der Waals surface area contributed by atoms with Gasteiger partial charge in [-0.15, -0.1) is 13.2 Å². The van der Waals surface area contributed by atoms with Gasteiger partial charge in [0, 0.05) is 44.3 Å². The summed E-state index contributed by atoms with van der Waals surface area (Å²) >= 11 is 0. The molecule has 12 heteroatoms. The number of ether oxygens (including phenoxy) is 5. The summed E-state index contributed by atoms with van der Waals surface area (Å²) in [6.45, 7) is 4.57. The zero-order valence-corrected chi connectivity index (χ0v) is 23.8. The molecule has 1 saturated heterocycles. The van der Waals surface area contributed by atoms with Crippen LogP contribution in [0.3, 0.4) is 0 Å². The largest absolute Gasteiger partial charge is 0.573 e. The molecule has 5 atom stereocenters. The fourth-order valence-corrected chi connectivity index (χ4v) is 4.53. The maximum atomic E-state index is 12.4. The monoisotopic (exact) mass is 589 g/mol. The third-order valence-electron chi connectivity index (χ3n) is 6.69. The first kappa shape index (κ1) is 31.4. The van der Waals surface area contributed by atoms with E-state index in [0.29, 0.717) is 23.6 Å². The molecule has 0 radical (unpaired) electrons. The van der Waals surface area contributed by atoms with E-state index in [1.165, 1.54) is 24.3 Å². The van der Waals surface area contributed by atoms with Gasteiger partial charge in [0.25, 0.3) is 6.29 Å². The van der Waals surface area contributed by atoms with Gasteiger partial charge in [0.1, 0.15) is 18.0 Å². The highest BCUT2D eigenvalue weighted by Gasteiger charge is 2.47. The smallest absolute Gasteiger partial charge is 0.406 e. The van der Waals surface area contributed by atoms with E-state index >= 15 is 0 Å². The summed E-state index contributed by atoms with van der Waals surface area (Å²) in [7, 11) is 3.19. The predicted octanol–water partition coefficient (Wildman–Crippen LogP) is 6.02. The highest BCUT2D eigenvalue weighted by atomic mass is 19.4. The molecule has 0 bridgehead atoms. The molecule has 0 amide bonds. The summed E-state index contributed by atoms with van der Waals surface area (Å²) in [6, 6.07) is 12.9. The van der Waals surface area contributed by atoms with Crippen LogP contribution in [0.15, 0.2) is 66.1 Å². The predicted molar refractivity (Wildman–Crippen MR) is 149 cm³/mol. The molecular weight excluding hydrogens is 555 g/mol. The molecule has 42 heavy (non-hydrogen) atoms. The second-order valence-corrected chi connectivity index (χ2v) is 9.63. The van der Waals surface area contributed by atoms with Crippen molar-refractivity contribution in [2.24, 2.45) is 5.16 Å². The Hall–Kier alpha value is -3.58. The lowest BCUT2D eigenvalue weighted by Crippen LogP contribution is -2.59. The van der Waals surface area contributed by atoms with Crippen molar-refractivity contribution >= 4 is 6.21 Å². The number of halogens is 3. The number of oxime groups is 1. The van der Waals surface area contributed by atoms with Crippen molar-refractivity contribution < 1.29 is 41.7 Å². The number of alkyl halides is 3. The number of benzene rings is 2. The van der Waals surface area contributed by atoms with Gasteiger partial charge in [0.05, 0.1) is 12.3 Å². The fourth-order valence-electron chi connectivity index (χ4n) is 4.53. The first-order valence-electron chi connectivity index (χ1n) is 13.5. The summed E-state index contributed by atoms with van der Waals surface area (Å²) in [6.07, 6.45) is -0.309. The van der Waals surface area contributed by atoms with E-state index in [2.05, 4.69) is 26.8 Å². The number of rotatable bonds is 12. The summed E-state index contributed by atoms with van der Waals surface area (Å²) < 4.78 is 64.4. The maximum Gasteiger partial charge on any atom is 0.573 e. The Morgan fingerprint density at radius 2 is 1.52 bits per heavy atom. The first-order chi connectivity index (χ1) is 20.2. The summed E-state index contributed by atoms with van der Waals surface area (Å²) in [5.74, 6) is 0.197. The molecule has 3 aromatic rings. The lowest BCUT2D eigenvalue weighted by Gasteiger charge is -2.42. The standard InChI is InChI=1S/C30H34F3N3O6/c1-5-6-15-39-26-25(37-3)19(2)40-29(27(26)38-4)42-36-16-20-7-9-22(10-8-20)28-34-17-23(18-35-28)21-11-13-24(14-12-21)41-30(31,32)33/h7-14,16-19,25-27,29H,5-6,15H2,1-4H3/b36-16+/t19-,25-,26+,27+,29-/m0/s1. The highest BCUT2D eigenvalue weighted by Crippen LogP contribution is 2.29. The lowest BCUT2D eigenvalue weighted by atomic mass is 9.99. The number of hydrogen-bond donors (Lipinski definition) is 0. The van der Waals surface area contributed by atoms with E-state index in [9.17, 15) is 13.2 Å². The third-order valence-corrected chi connectivity index (χ3v) is 6.69. The Morgan fingerprint density at radius 1 is 0.881 bits per heavy atom. The van der Waals surface area contributed by atoms with E-state index in [1.807, 2.05) is 31.2 Å². The van der Waals surface area contributed by atoms with Crippen LogP contribution >= 0.6 is 0 Å². The van der Waals surface area contributed by atoms with Crippen molar-refractivity contribution in [1.82, 2.24) is 9.97 Å². The molecular formula is C30H34F3N3O6. The van der Waals surface area contributed by atoms with Crippen LogP contribution in [-0.2, 0) is 23.8 Å². The number of methoxy groups -OCH3 is 2. The van der Waals surface area contributed by atoms with E-state index in [1.54, 1.807) is 32.8 Å². The molecule has 1 fully saturated rings. The van der Waals surface area contributed by atoms with Gasteiger partial charge in [0.15, 0.2) is 11.9 Å². The molecule has 0 aliphatic carbocycles. The van der Waals surface area contributed by atoms with Crippen LogP contribution in [0.2, 0.25) is 0 Å². The lowest BCUT2D eigenvalue weighted by molar-refractivity contribution is -0.308. The second-order valence-electron chi connectivity index (χ2n) is 9.63. The number of hydrogen-bond acceptors (Lipinski definition) is 9. The average Bonchev–Trinajstić information content (AvgIpc) is 2.97. The number of aromatic nitrogens is 2. The van der Waals surface area contributed by atoms with Gasteiger partial charge in [-0.05, 0) is 36.6 Å². The van der Waals surface area contributed by atoms with E-state index in [-0.39, 0.29) is 24.1 Å². The molecule has 2 heterocycles. The van der Waals surface area contributed by atoms with Crippen molar-refractivity contribution in [3.05, 3.63) is 66.5 Å². The molecule has 9 nitrogen and oxygen atoms in total. The second kappa shape index (κ2) is 14.5. The SMILES string of the molecule is CCCCO[C@@H]1[C@@H](OC)[C@H](C)O[C@@H](O/N=C/c2ccc(-c3ncc(-c4ccc(OC(F)(F)F)cc4)cn3)cc2)[C@@H]1OC. The summed E-state index contributed by atoms with van der Waals surface area (Å²) in [5, 5.41) is 4.12. The molecule has 2 aromatic carbocycles. The molecule has 0 saturated carbocycles. The van der Waals surface area contributed by atoms with Gasteiger partial charge in [-0.25, -0.2) is 9.97 Å². The number of nitrogens with zero attached hydrogens (tertiary/aromatic N) is 3. The first-order valence-corrected chi connectivity index (χ1v) is 13.5. The normalized spacial score (nSPS) is 22.8. The van der Waals surface area contributed by atoms with Gasteiger partial charge in [0.2, 0.25) is 0 Å². The van der Waals surface area contributed by atoms with Gasteiger partial charge in [-0.3, -0.25) is 0 Å². The molecule has 1 aliphatic heterocycles. The Bertz CT molecular complexity index is 1270. The Balaban J connectivity index is 1.36. The van der Waals surface area contributed by atoms with Crippen LogP contribution in [0.4, 0.5) is 13.2 Å². The molecule has 1 aromatic heterocycles. The summed E-state index contributed by atoms with van der Waals surface area (Å²) in [5.41, 5.74) is 2.86. The van der Waals surface area contributed by atoms with Crippen LogP contribution in [0, 0.1) is 0 Å². The van der Waals surface area contributed by atoms with E-state index in [4.69, 9.17) is 23.8 Å². The summed E-state index contributed by atoms with van der Waals surface area (Å²) in [4.78, 5) is 14.5. The van der Waals surface area contributed by atoms with Gasteiger partial charge in [-0.2, -0.15) is 0 Å². The minimum atomic E-state index is -4.74. The minimum Gasteiger partial charge on any atom is -0.406 e. The van der Waals surface area contributed by atoms with Crippen molar-refractivity contribution in [1.29, 1.82) is 0 Å². The Labute approximate surface area is 242 Å². The topological polar surface area (TPSA) is 93.5 Å². The quantitative estimate of drug-likeness (QED) is 0.144. The molecule has 4 rings (SSSR count). The van der Waals surface area contributed by atoms with Crippen molar-refractivity contribution in [2.45, 2.75) is 63.8 Å². The van der Waals surface area contributed by atoms with Crippen LogP contribution in [0.1, 0.15) is 32.3 Å². The minimum absolute atomic E-state index is 0.290. The molecule has 0 N–H and O–H groups in total. The molecule has 0 spiro atoms. The zero-order chi connectivity index (χ0) is 30.1.